The highest BCUT2D eigenvalue weighted by Crippen LogP contribution is 2.22. The molecule has 0 unspecified atom stereocenters. The third kappa shape index (κ3) is 3.71. The molecule has 1 saturated heterocycles. The number of aromatic amines is 3. The summed E-state index contributed by atoms with van der Waals surface area (Å²) in [5, 5.41) is 17.3. The molecule has 2 aromatic heterocycles. The molecule has 2 aromatic rings. The van der Waals surface area contributed by atoms with E-state index in [1.54, 1.807) is 11.8 Å². The number of likely N-dealkylation sites (tertiary alicyclic amines) is 1. The minimum Gasteiger partial charge on any atom is -0.391 e. The summed E-state index contributed by atoms with van der Waals surface area (Å²) < 4.78 is 0. The molecule has 1 aliphatic heterocycles. The van der Waals surface area contributed by atoms with Gasteiger partial charge in [0.2, 0.25) is 5.91 Å². The van der Waals surface area contributed by atoms with Crippen molar-refractivity contribution in [3.8, 4) is 0 Å². The normalized spacial score (nSPS) is 20.2. The van der Waals surface area contributed by atoms with Crippen molar-refractivity contribution in [1.29, 1.82) is 0 Å². The van der Waals surface area contributed by atoms with Crippen LogP contribution in [0.15, 0.2) is 15.7 Å². The Hall–Kier alpha value is -2.68. The monoisotopic (exact) mass is 347 g/mol. The van der Waals surface area contributed by atoms with Gasteiger partial charge in [-0.15, -0.1) is 0 Å². The highest BCUT2D eigenvalue weighted by atomic mass is 16.3. The standard InChI is InChI=1S/C16H21N5O4/c1-8-3-11(20-19-8)4-10-6-21(7-13(10)22)14(23)5-12-9(2)17-16(25)18-15(12)24/h3,10,13,22H,4-7H2,1-2H3,(H,19,20)(H2,17,18,24,25)/t10-,13-/m1/s1. The summed E-state index contributed by atoms with van der Waals surface area (Å²) in [5.74, 6) is -0.345. The molecule has 134 valence electrons. The van der Waals surface area contributed by atoms with Crippen molar-refractivity contribution < 1.29 is 9.90 Å². The second-order valence-corrected chi connectivity index (χ2v) is 6.56. The Morgan fingerprint density at radius 1 is 1.32 bits per heavy atom. The minimum absolute atomic E-state index is 0.0957. The Morgan fingerprint density at radius 2 is 2.08 bits per heavy atom. The van der Waals surface area contributed by atoms with Gasteiger partial charge in [0.1, 0.15) is 0 Å². The van der Waals surface area contributed by atoms with Gasteiger partial charge >= 0.3 is 5.69 Å². The van der Waals surface area contributed by atoms with E-state index >= 15 is 0 Å². The van der Waals surface area contributed by atoms with Gasteiger partial charge in [0.25, 0.3) is 5.56 Å². The predicted molar refractivity (Wildman–Crippen MR) is 89.2 cm³/mol. The molecule has 9 heteroatoms. The molecular formula is C16H21N5O4. The third-order valence-corrected chi connectivity index (χ3v) is 4.57. The fraction of sp³-hybridized carbons (Fsp3) is 0.500. The number of nitrogens with one attached hydrogen (secondary N) is 3. The van der Waals surface area contributed by atoms with Crippen LogP contribution >= 0.6 is 0 Å². The number of aromatic nitrogens is 4. The molecule has 25 heavy (non-hydrogen) atoms. The molecule has 9 nitrogen and oxygen atoms in total. The summed E-state index contributed by atoms with van der Waals surface area (Å²) in [6.07, 6.45) is -0.164. The Labute approximate surface area is 143 Å². The molecule has 1 amide bonds. The number of aliphatic hydroxyl groups is 1. The lowest BCUT2D eigenvalue weighted by atomic mass is 10.0. The first-order valence-electron chi connectivity index (χ1n) is 8.12. The number of hydrogen-bond donors (Lipinski definition) is 4. The number of carbonyl (C=O) groups is 1. The summed E-state index contributed by atoms with van der Waals surface area (Å²) in [6, 6.07) is 1.92. The lowest BCUT2D eigenvalue weighted by Crippen LogP contribution is -2.35. The van der Waals surface area contributed by atoms with Gasteiger partial charge in [-0.1, -0.05) is 0 Å². The number of aliphatic hydroxyl groups excluding tert-OH is 1. The SMILES string of the molecule is Cc1cc(C[C@@H]2CN(C(=O)Cc3c(C)[nH]c(=O)[nH]c3=O)C[C@H]2O)n[nH]1. The van der Waals surface area contributed by atoms with E-state index in [-0.39, 0.29) is 30.4 Å². The Morgan fingerprint density at radius 3 is 2.72 bits per heavy atom. The van der Waals surface area contributed by atoms with Gasteiger partial charge in [0.15, 0.2) is 0 Å². The molecule has 0 saturated carbocycles. The first-order chi connectivity index (χ1) is 11.8. The average molecular weight is 347 g/mol. The van der Waals surface area contributed by atoms with Crippen LogP contribution in [0, 0.1) is 19.8 Å². The Kier molecular flexibility index (Phi) is 4.58. The van der Waals surface area contributed by atoms with Gasteiger partial charge in [-0.3, -0.25) is 19.7 Å². The molecule has 1 fully saturated rings. The Bertz CT molecular complexity index is 896. The summed E-state index contributed by atoms with van der Waals surface area (Å²) in [4.78, 5) is 41.8. The van der Waals surface area contributed by atoms with E-state index in [2.05, 4.69) is 20.2 Å². The fourth-order valence-electron chi connectivity index (χ4n) is 3.21. The van der Waals surface area contributed by atoms with Crippen molar-refractivity contribution in [1.82, 2.24) is 25.1 Å². The lowest BCUT2D eigenvalue weighted by Gasteiger charge is -2.16. The quantitative estimate of drug-likeness (QED) is 0.563. The van der Waals surface area contributed by atoms with E-state index in [1.165, 1.54) is 0 Å². The molecule has 0 aromatic carbocycles. The van der Waals surface area contributed by atoms with Crippen LogP contribution in [0.25, 0.3) is 0 Å². The van der Waals surface area contributed by atoms with Crippen LogP contribution in [-0.4, -0.2) is 55.3 Å². The number of amides is 1. The number of carbonyl (C=O) groups excluding carboxylic acids is 1. The molecule has 0 bridgehead atoms. The van der Waals surface area contributed by atoms with E-state index < -0.39 is 17.4 Å². The van der Waals surface area contributed by atoms with Crippen molar-refractivity contribution in [2.45, 2.75) is 32.8 Å². The molecule has 3 rings (SSSR count). The van der Waals surface area contributed by atoms with Crippen molar-refractivity contribution in [2.75, 3.05) is 13.1 Å². The zero-order valence-electron chi connectivity index (χ0n) is 14.1. The number of H-pyrrole nitrogens is 3. The number of nitrogens with zero attached hydrogens (tertiary/aromatic N) is 2. The molecule has 3 heterocycles. The van der Waals surface area contributed by atoms with Gasteiger partial charge in [0.05, 0.1) is 18.2 Å². The topological polar surface area (TPSA) is 135 Å². The molecule has 0 aliphatic carbocycles. The summed E-state index contributed by atoms with van der Waals surface area (Å²) in [7, 11) is 0. The number of β-amino-alcohol motifs (C(OH)–C–C–N with tert-alkyl or cyclic N) is 1. The van der Waals surface area contributed by atoms with Gasteiger partial charge in [0, 0.05) is 36.0 Å². The zero-order chi connectivity index (χ0) is 18.1. The second-order valence-electron chi connectivity index (χ2n) is 6.56. The highest BCUT2D eigenvalue weighted by Gasteiger charge is 2.34. The number of rotatable bonds is 4. The molecule has 1 aliphatic rings. The lowest BCUT2D eigenvalue weighted by molar-refractivity contribution is -0.129. The van der Waals surface area contributed by atoms with E-state index in [4.69, 9.17) is 0 Å². The first-order valence-corrected chi connectivity index (χ1v) is 8.12. The van der Waals surface area contributed by atoms with Crippen molar-refractivity contribution in [3.05, 3.63) is 49.5 Å². The summed E-state index contributed by atoms with van der Waals surface area (Å²) >= 11 is 0. The number of aryl methyl sites for hydroxylation is 2. The van der Waals surface area contributed by atoms with Crippen LogP contribution in [0.4, 0.5) is 0 Å². The van der Waals surface area contributed by atoms with Crippen molar-refractivity contribution in [2.24, 2.45) is 5.92 Å². The number of hydrogen-bond acceptors (Lipinski definition) is 5. The maximum atomic E-state index is 12.5. The zero-order valence-corrected chi connectivity index (χ0v) is 14.1. The van der Waals surface area contributed by atoms with Crippen LogP contribution in [0.2, 0.25) is 0 Å². The van der Waals surface area contributed by atoms with Gasteiger partial charge in [-0.2, -0.15) is 5.10 Å². The maximum absolute atomic E-state index is 12.5. The van der Waals surface area contributed by atoms with Crippen LogP contribution in [-0.2, 0) is 17.6 Å². The Balaban J connectivity index is 1.68. The molecular weight excluding hydrogens is 326 g/mol. The summed E-state index contributed by atoms with van der Waals surface area (Å²) in [5.41, 5.74) is 1.27. The maximum Gasteiger partial charge on any atom is 0.325 e. The van der Waals surface area contributed by atoms with Crippen LogP contribution in [0.3, 0.4) is 0 Å². The van der Waals surface area contributed by atoms with E-state index in [1.807, 2.05) is 13.0 Å². The van der Waals surface area contributed by atoms with E-state index in [0.29, 0.717) is 18.7 Å². The molecule has 4 N–H and O–H groups in total. The second kappa shape index (κ2) is 6.67. The summed E-state index contributed by atoms with van der Waals surface area (Å²) in [6.45, 7) is 4.13. The van der Waals surface area contributed by atoms with E-state index in [0.717, 1.165) is 11.4 Å². The minimum atomic E-state index is -0.629. The molecule has 0 radical (unpaired) electrons. The molecule has 0 spiro atoms. The smallest absolute Gasteiger partial charge is 0.325 e. The van der Waals surface area contributed by atoms with Crippen molar-refractivity contribution in [3.63, 3.8) is 0 Å². The van der Waals surface area contributed by atoms with E-state index in [9.17, 15) is 19.5 Å². The fourth-order valence-corrected chi connectivity index (χ4v) is 3.21. The third-order valence-electron chi connectivity index (χ3n) is 4.57. The van der Waals surface area contributed by atoms with Gasteiger partial charge in [-0.25, -0.2) is 4.79 Å². The largest absolute Gasteiger partial charge is 0.391 e. The first kappa shape index (κ1) is 17.2. The highest BCUT2D eigenvalue weighted by molar-refractivity contribution is 5.79. The van der Waals surface area contributed by atoms with Crippen LogP contribution < -0.4 is 11.2 Å². The van der Waals surface area contributed by atoms with Gasteiger partial charge in [-0.05, 0) is 26.3 Å². The average Bonchev–Trinajstić information content (AvgIpc) is 3.09. The predicted octanol–water partition coefficient (Wildman–Crippen LogP) is -0.992. The molecule has 2 atom stereocenters. The van der Waals surface area contributed by atoms with Crippen LogP contribution in [0.5, 0.6) is 0 Å². The van der Waals surface area contributed by atoms with Crippen molar-refractivity contribution >= 4 is 5.91 Å². The van der Waals surface area contributed by atoms with Gasteiger partial charge < -0.3 is 15.0 Å². The van der Waals surface area contributed by atoms with Crippen LogP contribution in [0.1, 0.15) is 22.6 Å².